The number of hydrogen-bond acceptors (Lipinski definition) is 19. The second kappa shape index (κ2) is 17.0. The van der Waals surface area contributed by atoms with Crippen LogP contribution in [0.5, 0.6) is 23.0 Å². The molecule has 5 aromatic rings. The number of nitrogens with one attached hydrogen (secondary N) is 1. The standard InChI is InChI=1S/C33H29N9O11S4.Na.H/c1-14-6-24(42-33(35-14)37-23(39-42)13-57(51,52)17-3-5-20(44)22(46)8-17)54-10-16-11-55-30-26(29(48)41(30)27(16)31(49)50)38-28(47)25(18-12-56-32(34)36-18)40-53-9-15-2-4-19(43)21(45)7-15;;/h2-8,12,26,30,43-46H,9-11,13H2,1H3,(H2,34,36)(H,38,47)(H,49,50);;/q;+1;-1/b40-25-;;/t26-,30-;;/m1../s1. The largest absolute Gasteiger partial charge is 1.00 e. The van der Waals surface area contributed by atoms with Crippen LogP contribution in [-0.4, -0.2) is 110 Å². The quantitative estimate of drug-likeness (QED) is 0.0139. The number of β-lactam (4-membered cyclic amide) rings is 1. The van der Waals surface area contributed by atoms with Crippen molar-refractivity contribution >= 4 is 79.1 Å². The van der Waals surface area contributed by atoms with Crippen LogP contribution in [0.4, 0.5) is 5.13 Å². The molecule has 2 atom stereocenters. The maximum Gasteiger partial charge on any atom is 1.00 e. The maximum atomic E-state index is 13.5. The summed E-state index contributed by atoms with van der Waals surface area (Å²) in [6.45, 7) is 1.49. The molecule has 2 aromatic carbocycles. The molecule has 25 heteroatoms. The number of rotatable bonds is 13. The van der Waals surface area contributed by atoms with Crippen molar-refractivity contribution in [2.24, 2.45) is 5.16 Å². The van der Waals surface area contributed by atoms with Crippen LogP contribution in [0.3, 0.4) is 0 Å². The molecule has 3 aromatic heterocycles. The van der Waals surface area contributed by atoms with Crippen molar-refractivity contribution in [2.75, 3.05) is 17.2 Å². The van der Waals surface area contributed by atoms with Gasteiger partial charge in [0, 0.05) is 28.6 Å². The monoisotopic (exact) mass is 879 g/mol. The number of anilines is 1. The number of thioether (sulfide) groups is 2. The summed E-state index contributed by atoms with van der Waals surface area (Å²) >= 11 is 3.44. The van der Waals surface area contributed by atoms with Gasteiger partial charge in [-0.25, -0.2) is 23.2 Å². The molecule has 1 fully saturated rings. The Morgan fingerprint density at radius 1 is 1.07 bits per heavy atom. The topological polar surface area (TPSA) is 305 Å². The van der Waals surface area contributed by atoms with Gasteiger partial charge in [-0.3, -0.25) is 14.5 Å². The van der Waals surface area contributed by atoms with Gasteiger partial charge in [0.05, 0.1) is 4.90 Å². The maximum absolute atomic E-state index is 13.5. The van der Waals surface area contributed by atoms with Gasteiger partial charge < -0.3 is 42.8 Å². The van der Waals surface area contributed by atoms with Crippen LogP contribution in [-0.2, 0) is 41.4 Å². The van der Waals surface area contributed by atoms with E-state index in [9.17, 15) is 48.3 Å². The number of phenols is 4. The molecule has 0 radical (unpaired) electrons. The minimum absolute atomic E-state index is 0. The van der Waals surface area contributed by atoms with Crippen molar-refractivity contribution in [1.29, 1.82) is 0 Å². The Kier molecular flexibility index (Phi) is 12.5. The van der Waals surface area contributed by atoms with E-state index in [1.807, 2.05) is 0 Å². The van der Waals surface area contributed by atoms with Crippen molar-refractivity contribution in [3.8, 4) is 23.0 Å². The number of phenolic OH excluding ortho intramolecular Hbond substituents is 4. The van der Waals surface area contributed by atoms with Gasteiger partial charge in [-0.2, -0.15) is 9.50 Å². The molecule has 0 spiro atoms. The van der Waals surface area contributed by atoms with Gasteiger partial charge >= 0.3 is 35.5 Å². The van der Waals surface area contributed by atoms with Crippen LogP contribution in [0, 0.1) is 6.92 Å². The molecule has 0 bridgehead atoms. The third-order valence-electron chi connectivity index (χ3n) is 8.41. The number of carbonyl (C=O) groups is 3. The van der Waals surface area contributed by atoms with Crippen LogP contribution in [0.1, 0.15) is 24.2 Å². The Morgan fingerprint density at radius 3 is 2.47 bits per heavy atom. The molecule has 2 amide bonds. The van der Waals surface area contributed by atoms with Gasteiger partial charge in [-0.05, 0) is 48.4 Å². The third-order valence-corrected chi connectivity index (χ3v) is 13.1. The zero-order valence-electron chi connectivity index (χ0n) is 31.1. The fourth-order valence-electron chi connectivity index (χ4n) is 5.71. The predicted octanol–water partition coefficient (Wildman–Crippen LogP) is -1.16. The first-order chi connectivity index (χ1) is 27.1. The number of sulfone groups is 1. The summed E-state index contributed by atoms with van der Waals surface area (Å²) in [4.78, 5) is 58.5. The summed E-state index contributed by atoms with van der Waals surface area (Å²) in [6, 6.07) is 7.62. The van der Waals surface area contributed by atoms with Crippen LogP contribution in [0.15, 0.2) is 74.2 Å². The average Bonchev–Trinajstić information content (AvgIpc) is 3.77. The number of carbonyl (C=O) groups excluding carboxylic acids is 2. The summed E-state index contributed by atoms with van der Waals surface area (Å²) in [5.74, 6) is -5.06. The van der Waals surface area contributed by atoms with E-state index in [0.29, 0.717) is 21.9 Å². The molecule has 0 unspecified atom stereocenters. The SMILES string of the molecule is Cc1cc(SCC2=C(C(=O)O)N3C(=O)[C@@H](NC(=O)/C(=N\OCc4ccc(O)c(O)c4)c4csc(N)n4)[C@H]3SC2)n2nc(CS(=O)(=O)c3ccc(O)c(O)c3)nc2n1.[H-].[Na+]. The number of aromatic nitrogens is 5. The first kappa shape index (κ1) is 42.5. The fraction of sp³-hybridized carbons (Fsp3) is 0.212. The van der Waals surface area contributed by atoms with E-state index in [1.165, 1.54) is 51.6 Å². The zero-order valence-corrected chi connectivity index (χ0v) is 35.4. The number of aliphatic carboxylic acids is 1. The van der Waals surface area contributed by atoms with E-state index < -0.39 is 56.3 Å². The van der Waals surface area contributed by atoms with E-state index >= 15 is 0 Å². The van der Waals surface area contributed by atoms with E-state index in [0.717, 1.165) is 34.4 Å². The molecule has 298 valence electrons. The number of benzene rings is 2. The number of carboxylic acids is 1. The summed E-state index contributed by atoms with van der Waals surface area (Å²) in [5.41, 5.74) is 6.63. The molecule has 20 nitrogen and oxygen atoms in total. The zero-order chi connectivity index (χ0) is 40.8. The minimum atomic E-state index is -4.05. The van der Waals surface area contributed by atoms with Gasteiger partial charge in [0.2, 0.25) is 0 Å². The molecular weight excluding hydrogens is 850 g/mol. The number of amides is 2. The van der Waals surface area contributed by atoms with Crippen LogP contribution in [0.25, 0.3) is 5.78 Å². The van der Waals surface area contributed by atoms with E-state index in [4.69, 9.17) is 10.6 Å². The summed E-state index contributed by atoms with van der Waals surface area (Å²) < 4.78 is 27.4. The Morgan fingerprint density at radius 2 is 1.79 bits per heavy atom. The van der Waals surface area contributed by atoms with Gasteiger partial charge in [-0.1, -0.05) is 11.2 Å². The van der Waals surface area contributed by atoms with E-state index in [1.54, 1.807) is 13.0 Å². The average molecular weight is 880 g/mol. The number of aryl methyl sites for hydroxylation is 1. The molecule has 58 heavy (non-hydrogen) atoms. The second-order valence-corrected chi connectivity index (χ2v) is 17.4. The van der Waals surface area contributed by atoms with Crippen molar-refractivity contribution in [1.82, 2.24) is 34.8 Å². The van der Waals surface area contributed by atoms with Crippen LogP contribution >= 0.6 is 34.9 Å². The molecule has 5 heterocycles. The van der Waals surface area contributed by atoms with Crippen molar-refractivity contribution in [3.63, 3.8) is 0 Å². The summed E-state index contributed by atoms with van der Waals surface area (Å²) in [6.07, 6.45) is 0. The van der Waals surface area contributed by atoms with Gasteiger partial charge in [0.1, 0.15) is 40.2 Å². The van der Waals surface area contributed by atoms with Gasteiger partial charge in [0.25, 0.3) is 17.6 Å². The smallest absolute Gasteiger partial charge is 1.00 e. The number of carboxylic acid groups (broad SMARTS) is 1. The Labute approximate surface area is 363 Å². The number of nitrogens with zero attached hydrogens (tertiary/aromatic N) is 7. The number of fused-ring (bicyclic) bond motifs is 2. The Hall–Kier alpha value is -5.11. The van der Waals surface area contributed by atoms with E-state index in [-0.39, 0.29) is 99.3 Å². The van der Waals surface area contributed by atoms with Crippen molar-refractivity contribution in [3.05, 3.63) is 81.9 Å². The number of nitrogens with two attached hydrogens (primary N) is 1. The number of thiazole rings is 1. The second-order valence-electron chi connectivity index (χ2n) is 12.4. The molecule has 7 rings (SSSR count). The summed E-state index contributed by atoms with van der Waals surface area (Å²) in [5, 5.41) is 61.1. The first-order valence-corrected chi connectivity index (χ1v) is 20.9. The minimum Gasteiger partial charge on any atom is -1.00 e. The Balaban J connectivity index is 0.00000331. The third kappa shape index (κ3) is 8.67. The molecule has 0 saturated carbocycles. The Bertz CT molecular complexity index is 2660. The van der Waals surface area contributed by atoms with Gasteiger partial charge in [0.15, 0.2) is 49.5 Å². The first-order valence-electron chi connectivity index (χ1n) is 16.3. The van der Waals surface area contributed by atoms with Gasteiger partial charge in [-0.15, -0.1) is 40.0 Å². The molecule has 0 aliphatic carbocycles. The normalized spacial score (nSPS) is 16.7. The number of hydrogen-bond donors (Lipinski definition) is 7. The molecule has 2 aliphatic rings. The van der Waals surface area contributed by atoms with Crippen molar-refractivity contribution < 1.29 is 84.2 Å². The van der Waals surface area contributed by atoms with Crippen LogP contribution < -0.4 is 40.6 Å². The number of nitrogen functional groups attached to an aromatic ring is 1. The van der Waals surface area contributed by atoms with E-state index in [2.05, 4.69) is 30.5 Å². The molecule has 2 aliphatic heterocycles. The summed E-state index contributed by atoms with van der Waals surface area (Å²) in [7, 11) is -4.05. The predicted molar refractivity (Wildman–Crippen MR) is 205 cm³/mol. The molecule has 1 saturated heterocycles. The molecule has 8 N–H and O–H groups in total. The molecular formula is C33H30N9NaO11S4. The van der Waals surface area contributed by atoms with Crippen molar-refractivity contribution in [2.45, 2.75) is 40.6 Å². The number of oxime groups is 1. The van der Waals surface area contributed by atoms with Crippen LogP contribution in [0.2, 0.25) is 0 Å². The number of aromatic hydroxyl groups is 4. The fourth-order valence-corrected chi connectivity index (χ4v) is 9.98.